The summed E-state index contributed by atoms with van der Waals surface area (Å²) in [7, 11) is 1.63. The van der Waals surface area contributed by atoms with E-state index in [2.05, 4.69) is 12.0 Å². The number of aliphatic hydroxyl groups is 1. The lowest BCUT2D eigenvalue weighted by atomic mass is 10.1. The van der Waals surface area contributed by atoms with E-state index in [9.17, 15) is 5.11 Å². The monoisotopic (exact) mass is 260 g/mol. The van der Waals surface area contributed by atoms with Gasteiger partial charge in [0.25, 0.3) is 0 Å². The number of aliphatic hydroxyl groups excluding tert-OH is 1. The van der Waals surface area contributed by atoms with Crippen LogP contribution in [-0.4, -0.2) is 28.1 Å². The Morgan fingerprint density at radius 1 is 1.26 bits per heavy atom. The smallest absolute Gasteiger partial charge is 0.122 e. The van der Waals surface area contributed by atoms with Crippen LogP contribution in [0.5, 0.6) is 0 Å². The third kappa shape index (κ3) is 3.03. The second-order valence-electron chi connectivity index (χ2n) is 4.51. The number of benzene rings is 1. The minimum atomic E-state index is -0.673. The summed E-state index contributed by atoms with van der Waals surface area (Å²) in [6.07, 6.45) is 2.61. The number of hydrogen-bond acceptors (Lipinski definition) is 3. The maximum Gasteiger partial charge on any atom is 0.122 e. The zero-order valence-corrected chi connectivity index (χ0v) is 11.4. The Morgan fingerprint density at radius 2 is 2.00 bits per heavy atom. The van der Waals surface area contributed by atoms with E-state index in [0.29, 0.717) is 0 Å². The van der Waals surface area contributed by atoms with E-state index >= 15 is 0 Å². The molecule has 2 rings (SSSR count). The zero-order chi connectivity index (χ0) is 13.7. The summed E-state index contributed by atoms with van der Waals surface area (Å²) in [5.74, 6) is 0. The Kier molecular flexibility index (Phi) is 4.71. The Labute approximate surface area is 113 Å². The Morgan fingerprint density at radius 3 is 2.63 bits per heavy atom. The molecule has 0 bridgehead atoms. The minimum Gasteiger partial charge on any atom is -0.384 e. The summed E-state index contributed by atoms with van der Waals surface area (Å²) >= 11 is 0. The number of hydrogen-bond donors (Lipinski definition) is 1. The molecule has 2 aromatic rings. The lowest BCUT2D eigenvalue weighted by molar-refractivity contribution is -0.0210. The van der Waals surface area contributed by atoms with Gasteiger partial charge in [-0.3, -0.25) is 0 Å². The van der Waals surface area contributed by atoms with Crippen LogP contribution in [0.15, 0.2) is 42.6 Å². The van der Waals surface area contributed by atoms with E-state index in [4.69, 9.17) is 4.74 Å². The molecule has 1 aromatic carbocycles. The van der Waals surface area contributed by atoms with Crippen LogP contribution in [-0.2, 0) is 4.74 Å². The fourth-order valence-electron chi connectivity index (χ4n) is 2.20. The van der Waals surface area contributed by atoms with Crippen LogP contribution in [0, 0.1) is 0 Å². The largest absolute Gasteiger partial charge is 0.384 e. The van der Waals surface area contributed by atoms with Crippen molar-refractivity contribution in [1.82, 2.24) is 9.78 Å². The number of nitrogens with zero attached hydrogens (tertiary/aromatic N) is 2. The average molecular weight is 260 g/mol. The predicted octanol–water partition coefficient (Wildman–Crippen LogP) is 2.72. The highest BCUT2D eigenvalue weighted by molar-refractivity contribution is 5.33. The first-order chi connectivity index (χ1) is 9.27. The molecule has 0 spiro atoms. The maximum atomic E-state index is 10.5. The fourth-order valence-corrected chi connectivity index (χ4v) is 2.20. The van der Waals surface area contributed by atoms with Gasteiger partial charge >= 0.3 is 0 Å². The van der Waals surface area contributed by atoms with Gasteiger partial charge in [-0.2, -0.15) is 5.10 Å². The van der Waals surface area contributed by atoms with Crippen LogP contribution in [0.2, 0.25) is 0 Å². The molecule has 1 aromatic heterocycles. The lowest BCUT2D eigenvalue weighted by Gasteiger charge is -2.22. The molecule has 102 valence electrons. The van der Waals surface area contributed by atoms with Crippen molar-refractivity contribution in [3.8, 4) is 5.69 Å². The Bertz CT molecular complexity index is 496. The third-order valence-corrected chi connectivity index (χ3v) is 3.20. The lowest BCUT2D eigenvalue weighted by Crippen LogP contribution is -2.23. The fraction of sp³-hybridized carbons (Fsp3) is 0.400. The number of aromatic nitrogens is 2. The molecule has 0 saturated heterocycles. The highest BCUT2D eigenvalue weighted by Gasteiger charge is 2.23. The maximum absolute atomic E-state index is 10.5. The van der Waals surface area contributed by atoms with Crippen molar-refractivity contribution in [3.05, 3.63) is 48.3 Å². The second-order valence-corrected chi connectivity index (χ2v) is 4.51. The van der Waals surface area contributed by atoms with Gasteiger partial charge in [0, 0.05) is 13.3 Å². The topological polar surface area (TPSA) is 47.3 Å². The molecular weight excluding hydrogens is 240 g/mol. The minimum absolute atomic E-state index is 0.204. The van der Waals surface area contributed by atoms with Crippen LogP contribution in [0.4, 0.5) is 0 Å². The zero-order valence-electron chi connectivity index (χ0n) is 11.4. The second kappa shape index (κ2) is 6.50. The highest BCUT2D eigenvalue weighted by atomic mass is 16.5. The van der Waals surface area contributed by atoms with E-state index in [1.807, 2.05) is 36.4 Å². The van der Waals surface area contributed by atoms with Gasteiger partial charge in [-0.15, -0.1) is 0 Å². The van der Waals surface area contributed by atoms with Gasteiger partial charge < -0.3 is 9.84 Å². The molecule has 0 amide bonds. The van der Waals surface area contributed by atoms with E-state index < -0.39 is 6.10 Å². The van der Waals surface area contributed by atoms with E-state index in [1.54, 1.807) is 18.0 Å². The Hall–Kier alpha value is -1.65. The summed E-state index contributed by atoms with van der Waals surface area (Å²) in [5, 5.41) is 14.7. The summed E-state index contributed by atoms with van der Waals surface area (Å²) < 4.78 is 7.13. The molecule has 0 radical (unpaired) electrons. The molecule has 4 heteroatoms. The van der Waals surface area contributed by atoms with Crippen LogP contribution in [0.25, 0.3) is 5.69 Å². The average Bonchev–Trinajstić information content (AvgIpc) is 2.94. The first kappa shape index (κ1) is 13.8. The van der Waals surface area contributed by atoms with Gasteiger partial charge in [-0.05, 0) is 24.6 Å². The van der Waals surface area contributed by atoms with Crippen molar-refractivity contribution in [2.24, 2.45) is 0 Å². The molecule has 2 atom stereocenters. The van der Waals surface area contributed by atoms with Gasteiger partial charge in [0.1, 0.15) is 6.10 Å². The molecule has 2 unspecified atom stereocenters. The summed E-state index contributed by atoms with van der Waals surface area (Å²) in [5.41, 5.74) is 1.69. The van der Waals surface area contributed by atoms with E-state index in [0.717, 1.165) is 24.2 Å². The molecule has 1 N–H and O–H groups in total. The molecule has 1 heterocycles. The number of para-hydroxylation sites is 1. The van der Waals surface area contributed by atoms with Gasteiger partial charge in [0.2, 0.25) is 0 Å². The molecule has 0 aliphatic heterocycles. The predicted molar refractivity (Wildman–Crippen MR) is 74.2 cm³/mol. The molecule has 4 nitrogen and oxygen atoms in total. The van der Waals surface area contributed by atoms with Crippen LogP contribution >= 0.6 is 0 Å². The molecule has 19 heavy (non-hydrogen) atoms. The van der Waals surface area contributed by atoms with Crippen LogP contribution in [0.1, 0.15) is 31.6 Å². The first-order valence-electron chi connectivity index (χ1n) is 6.58. The van der Waals surface area contributed by atoms with Crippen molar-refractivity contribution in [1.29, 1.82) is 0 Å². The van der Waals surface area contributed by atoms with Crippen molar-refractivity contribution >= 4 is 0 Å². The molecule has 0 saturated carbocycles. The first-order valence-corrected chi connectivity index (χ1v) is 6.58. The molecular formula is C15H20N2O2. The van der Waals surface area contributed by atoms with Crippen molar-refractivity contribution in [2.45, 2.75) is 32.0 Å². The van der Waals surface area contributed by atoms with Gasteiger partial charge in [-0.25, -0.2) is 4.68 Å². The van der Waals surface area contributed by atoms with Gasteiger partial charge in [0.15, 0.2) is 0 Å². The third-order valence-electron chi connectivity index (χ3n) is 3.20. The van der Waals surface area contributed by atoms with Crippen LogP contribution in [0.3, 0.4) is 0 Å². The van der Waals surface area contributed by atoms with Crippen molar-refractivity contribution < 1.29 is 9.84 Å². The van der Waals surface area contributed by atoms with Crippen molar-refractivity contribution in [2.75, 3.05) is 7.11 Å². The van der Waals surface area contributed by atoms with E-state index in [-0.39, 0.29) is 6.10 Å². The molecule has 0 aliphatic carbocycles. The number of rotatable bonds is 6. The van der Waals surface area contributed by atoms with E-state index in [1.165, 1.54) is 0 Å². The summed E-state index contributed by atoms with van der Waals surface area (Å²) in [6, 6.07) is 11.6. The van der Waals surface area contributed by atoms with Crippen LogP contribution < -0.4 is 0 Å². The van der Waals surface area contributed by atoms with Crippen molar-refractivity contribution in [3.63, 3.8) is 0 Å². The number of ether oxygens (including phenoxy) is 1. The molecule has 0 fully saturated rings. The van der Waals surface area contributed by atoms with Gasteiger partial charge in [-0.1, -0.05) is 31.5 Å². The number of methoxy groups -OCH3 is 1. The summed E-state index contributed by atoms with van der Waals surface area (Å²) in [4.78, 5) is 0. The Balaban J connectivity index is 2.29. The van der Waals surface area contributed by atoms with Gasteiger partial charge in [0.05, 0.1) is 17.5 Å². The normalized spacial score (nSPS) is 14.3. The SMILES string of the molecule is CCCC(OC)C(O)c1ccnn1-c1ccccc1. The molecule has 0 aliphatic rings. The summed E-state index contributed by atoms with van der Waals surface area (Å²) in [6.45, 7) is 2.08. The quantitative estimate of drug-likeness (QED) is 0.868. The standard InChI is InChI=1S/C15H20N2O2/c1-3-7-14(19-2)15(18)13-10-11-16-17(13)12-8-5-4-6-9-12/h4-6,8-11,14-15,18H,3,7H2,1-2H3. The highest BCUT2D eigenvalue weighted by Crippen LogP contribution is 2.24.